The molecule has 0 unspecified atom stereocenters. The number of hydrogen-bond acceptors (Lipinski definition) is 3. The van der Waals surface area contributed by atoms with Crippen LogP contribution in [0.25, 0.3) is 0 Å². The second kappa shape index (κ2) is 4.63. The van der Waals surface area contributed by atoms with Gasteiger partial charge < -0.3 is 19.9 Å². The number of hydrogen-bond donors (Lipinski definition) is 2. The van der Waals surface area contributed by atoms with Crippen LogP contribution in [-0.4, -0.2) is 31.5 Å². The lowest BCUT2D eigenvalue weighted by atomic mass is 9.96. The van der Waals surface area contributed by atoms with E-state index in [0.29, 0.717) is 19.6 Å². The van der Waals surface area contributed by atoms with Crippen molar-refractivity contribution >= 4 is 6.09 Å². The molecule has 0 bridgehead atoms. The molecule has 1 aliphatic rings. The number of carbonyl (C=O) groups is 1. The van der Waals surface area contributed by atoms with E-state index in [2.05, 4.69) is 5.32 Å². The Kier molecular flexibility index (Phi) is 3.19. The molecule has 0 aromatic heterocycles. The normalized spacial score (nSPS) is 21.9. The number of carboxylic acid groups (broad SMARTS) is 1. The van der Waals surface area contributed by atoms with Crippen molar-refractivity contribution in [1.29, 1.82) is 0 Å². The lowest BCUT2D eigenvalue weighted by Crippen LogP contribution is -2.25. The first-order chi connectivity index (χ1) is 8.16. The minimum atomic E-state index is -1.00. The first-order valence-corrected chi connectivity index (χ1v) is 5.41. The third kappa shape index (κ3) is 2.68. The van der Waals surface area contributed by atoms with Crippen molar-refractivity contribution in [2.45, 2.75) is 12.0 Å². The molecule has 1 saturated heterocycles. The van der Waals surface area contributed by atoms with Gasteiger partial charge in [-0.05, 0) is 17.7 Å². The summed E-state index contributed by atoms with van der Waals surface area (Å²) in [4.78, 5) is 10.4. The van der Waals surface area contributed by atoms with E-state index in [9.17, 15) is 4.79 Å². The summed E-state index contributed by atoms with van der Waals surface area (Å²) in [7, 11) is 1.62. The third-order valence-electron chi connectivity index (χ3n) is 2.91. The summed E-state index contributed by atoms with van der Waals surface area (Å²) in [5.74, 6) is 0.799. The molecule has 2 rings (SSSR count). The molecule has 1 aromatic rings. The van der Waals surface area contributed by atoms with Crippen molar-refractivity contribution in [1.82, 2.24) is 5.32 Å². The fourth-order valence-electron chi connectivity index (χ4n) is 1.81. The second-order valence-corrected chi connectivity index (χ2v) is 3.99. The summed E-state index contributed by atoms with van der Waals surface area (Å²) >= 11 is 0. The van der Waals surface area contributed by atoms with Gasteiger partial charge in [-0.3, -0.25) is 0 Å². The van der Waals surface area contributed by atoms with E-state index in [4.69, 9.17) is 14.6 Å². The third-order valence-corrected chi connectivity index (χ3v) is 2.91. The van der Waals surface area contributed by atoms with Gasteiger partial charge in [0, 0.05) is 13.0 Å². The van der Waals surface area contributed by atoms with Gasteiger partial charge in [-0.25, -0.2) is 4.79 Å². The van der Waals surface area contributed by atoms with Crippen LogP contribution >= 0.6 is 0 Å². The van der Waals surface area contributed by atoms with E-state index >= 15 is 0 Å². The summed E-state index contributed by atoms with van der Waals surface area (Å²) in [6.07, 6.45) is -0.360. The Morgan fingerprint density at radius 1 is 1.53 bits per heavy atom. The van der Waals surface area contributed by atoms with E-state index in [0.717, 1.165) is 11.3 Å². The molecule has 0 spiro atoms. The largest absolute Gasteiger partial charge is 0.497 e. The Hall–Kier alpha value is -1.75. The predicted octanol–water partition coefficient (Wildman–Crippen LogP) is 1.58. The van der Waals surface area contributed by atoms with Gasteiger partial charge in [-0.15, -0.1) is 0 Å². The maximum absolute atomic E-state index is 10.4. The lowest BCUT2D eigenvalue weighted by Gasteiger charge is -2.12. The number of ether oxygens (including phenoxy) is 2. The number of methoxy groups -OCH3 is 1. The average Bonchev–Trinajstić information content (AvgIpc) is 3.10. The Morgan fingerprint density at radius 2 is 2.18 bits per heavy atom. The minimum absolute atomic E-state index is 0.311. The standard InChI is InChI=1S/C12H15NO4/c1-16-10-4-2-9(3-5-10)12(8-17-12)6-7-13-11(14)15/h2-5,13H,6-8H2,1H3,(H,14,15)/t12-/m0/s1. The number of epoxide rings is 1. The molecule has 1 atom stereocenters. The van der Waals surface area contributed by atoms with Gasteiger partial charge in [-0.1, -0.05) is 12.1 Å². The zero-order valence-electron chi connectivity index (χ0n) is 9.60. The number of nitrogens with one attached hydrogen (secondary N) is 1. The molecule has 0 radical (unpaired) electrons. The average molecular weight is 237 g/mol. The predicted molar refractivity (Wildman–Crippen MR) is 61.3 cm³/mol. The molecule has 0 saturated carbocycles. The van der Waals surface area contributed by atoms with Crippen LogP contribution in [-0.2, 0) is 10.3 Å². The van der Waals surface area contributed by atoms with E-state index in [1.807, 2.05) is 24.3 Å². The number of amides is 1. The van der Waals surface area contributed by atoms with Crippen molar-refractivity contribution in [3.63, 3.8) is 0 Å². The monoisotopic (exact) mass is 237 g/mol. The van der Waals surface area contributed by atoms with Gasteiger partial charge in [0.2, 0.25) is 0 Å². The van der Waals surface area contributed by atoms with Gasteiger partial charge in [0.05, 0.1) is 13.7 Å². The molecule has 2 N–H and O–H groups in total. The van der Waals surface area contributed by atoms with Crippen molar-refractivity contribution in [3.8, 4) is 5.75 Å². The number of benzene rings is 1. The molecule has 1 fully saturated rings. The topological polar surface area (TPSA) is 71.1 Å². The first kappa shape index (κ1) is 11.7. The van der Waals surface area contributed by atoms with Gasteiger partial charge in [0.1, 0.15) is 11.4 Å². The Morgan fingerprint density at radius 3 is 2.65 bits per heavy atom. The second-order valence-electron chi connectivity index (χ2n) is 3.99. The minimum Gasteiger partial charge on any atom is -0.497 e. The Balaban J connectivity index is 1.97. The van der Waals surface area contributed by atoms with E-state index in [1.165, 1.54) is 0 Å². The summed E-state index contributed by atoms with van der Waals surface area (Å²) in [5, 5.41) is 10.8. The van der Waals surface area contributed by atoms with Gasteiger partial charge in [0.15, 0.2) is 0 Å². The summed E-state index contributed by atoms with van der Waals surface area (Å²) in [5.41, 5.74) is 0.750. The van der Waals surface area contributed by atoms with Gasteiger partial charge in [0.25, 0.3) is 0 Å². The maximum Gasteiger partial charge on any atom is 0.404 e. The Bertz CT molecular complexity index is 397. The van der Waals surface area contributed by atoms with E-state index < -0.39 is 6.09 Å². The van der Waals surface area contributed by atoms with Crippen LogP contribution in [0.2, 0.25) is 0 Å². The number of rotatable bonds is 5. The lowest BCUT2D eigenvalue weighted by molar-refractivity contribution is 0.192. The van der Waals surface area contributed by atoms with Crippen LogP contribution in [0.15, 0.2) is 24.3 Å². The van der Waals surface area contributed by atoms with Crippen LogP contribution < -0.4 is 10.1 Å². The van der Waals surface area contributed by atoms with Crippen LogP contribution in [0.1, 0.15) is 12.0 Å². The van der Waals surface area contributed by atoms with Gasteiger partial charge >= 0.3 is 6.09 Å². The smallest absolute Gasteiger partial charge is 0.404 e. The van der Waals surface area contributed by atoms with Crippen LogP contribution in [0.4, 0.5) is 4.79 Å². The Labute approximate surface area is 99.3 Å². The molecule has 1 aromatic carbocycles. The molecular formula is C12H15NO4. The summed E-state index contributed by atoms with van der Waals surface area (Å²) in [6, 6.07) is 7.66. The first-order valence-electron chi connectivity index (χ1n) is 5.41. The zero-order chi connectivity index (χ0) is 12.3. The zero-order valence-corrected chi connectivity index (χ0v) is 9.60. The fraction of sp³-hybridized carbons (Fsp3) is 0.417. The molecule has 5 nitrogen and oxygen atoms in total. The molecule has 1 heterocycles. The van der Waals surface area contributed by atoms with Crippen LogP contribution in [0.3, 0.4) is 0 Å². The molecular weight excluding hydrogens is 222 g/mol. The highest BCUT2D eigenvalue weighted by Crippen LogP contribution is 2.42. The van der Waals surface area contributed by atoms with Crippen molar-refractivity contribution in [2.75, 3.05) is 20.3 Å². The van der Waals surface area contributed by atoms with Crippen LogP contribution in [0.5, 0.6) is 5.75 Å². The summed E-state index contributed by atoms with van der Waals surface area (Å²) in [6.45, 7) is 1.03. The maximum atomic E-state index is 10.4. The van der Waals surface area contributed by atoms with E-state index in [-0.39, 0.29) is 5.60 Å². The molecule has 5 heteroatoms. The van der Waals surface area contributed by atoms with E-state index in [1.54, 1.807) is 7.11 Å². The van der Waals surface area contributed by atoms with Crippen molar-refractivity contribution < 1.29 is 19.4 Å². The van der Waals surface area contributed by atoms with Crippen LogP contribution in [0, 0.1) is 0 Å². The SMILES string of the molecule is COc1ccc([C@]2(CCNC(=O)O)CO2)cc1. The quantitative estimate of drug-likeness (QED) is 0.763. The summed E-state index contributed by atoms with van der Waals surface area (Å²) < 4.78 is 10.5. The highest BCUT2D eigenvalue weighted by Gasteiger charge is 2.45. The van der Waals surface area contributed by atoms with Gasteiger partial charge in [-0.2, -0.15) is 0 Å². The van der Waals surface area contributed by atoms with Crippen molar-refractivity contribution in [2.24, 2.45) is 0 Å². The van der Waals surface area contributed by atoms with Crippen molar-refractivity contribution in [3.05, 3.63) is 29.8 Å². The fourth-order valence-corrected chi connectivity index (χ4v) is 1.81. The molecule has 1 amide bonds. The highest BCUT2D eigenvalue weighted by atomic mass is 16.6. The highest BCUT2D eigenvalue weighted by molar-refractivity contribution is 5.64. The molecule has 0 aliphatic carbocycles. The molecule has 1 aliphatic heterocycles. The molecule has 92 valence electrons. The molecule has 17 heavy (non-hydrogen) atoms.